The number of aliphatic hydroxyl groups excluding tert-OH is 1. The van der Waals surface area contributed by atoms with E-state index >= 15 is 0 Å². The molecule has 1 amide bonds. The van der Waals surface area contributed by atoms with Crippen molar-refractivity contribution in [2.45, 2.75) is 71.1 Å². The molecule has 0 radical (unpaired) electrons. The summed E-state index contributed by atoms with van der Waals surface area (Å²) in [6.07, 6.45) is -1.24. The van der Waals surface area contributed by atoms with E-state index in [-0.39, 0.29) is 27.6 Å². The molecule has 60 heavy (non-hydrogen) atoms. The van der Waals surface area contributed by atoms with Gasteiger partial charge < -0.3 is 30.1 Å². The van der Waals surface area contributed by atoms with Gasteiger partial charge in [-0.25, -0.2) is 4.79 Å². The van der Waals surface area contributed by atoms with Crippen LogP contribution in [0.1, 0.15) is 97.7 Å². The second-order valence-corrected chi connectivity index (χ2v) is 17.1. The Morgan fingerprint density at radius 1 is 0.617 bits per heavy atom. The number of ether oxygens (including phenoxy) is 2. The first kappa shape index (κ1) is 41.3. The van der Waals surface area contributed by atoms with Crippen molar-refractivity contribution < 1.29 is 39.2 Å². The molecule has 0 aliphatic carbocycles. The van der Waals surface area contributed by atoms with E-state index in [0.717, 1.165) is 28.3 Å². The lowest BCUT2D eigenvalue weighted by molar-refractivity contribution is -0.142. The maximum atomic E-state index is 13.7. The van der Waals surface area contributed by atoms with Crippen LogP contribution in [-0.4, -0.2) is 38.7 Å². The van der Waals surface area contributed by atoms with Gasteiger partial charge in [-0.3, -0.25) is 14.5 Å². The summed E-state index contributed by atoms with van der Waals surface area (Å²) < 4.78 is 12.3. The van der Waals surface area contributed by atoms with E-state index in [1.165, 1.54) is 30.9 Å². The number of carbonyl (C=O) groups excluding carboxylic acids is 1. The number of anilines is 2. The number of fused-ring (bicyclic) bond motifs is 1. The number of carboxylic acids is 2. The average Bonchev–Trinajstić information content (AvgIpc) is 3.46. The maximum absolute atomic E-state index is 13.7. The predicted molar refractivity (Wildman–Crippen MR) is 233 cm³/mol. The van der Waals surface area contributed by atoms with E-state index in [9.17, 15) is 29.7 Å². The zero-order valence-electron chi connectivity index (χ0n) is 34.6. The van der Waals surface area contributed by atoms with Crippen molar-refractivity contribution in [3.05, 3.63) is 167 Å². The minimum atomic E-state index is -1.43. The Morgan fingerprint density at radius 3 is 1.57 bits per heavy atom. The highest BCUT2D eigenvalue weighted by Gasteiger charge is 2.37. The molecule has 306 valence electrons. The van der Waals surface area contributed by atoms with E-state index < -0.39 is 29.5 Å². The molecule has 1 unspecified atom stereocenters. The van der Waals surface area contributed by atoms with Crippen molar-refractivity contribution in [1.29, 1.82) is 0 Å². The summed E-state index contributed by atoms with van der Waals surface area (Å²) in [6.45, 7) is 13.6. The number of benzene rings is 6. The van der Waals surface area contributed by atoms with Crippen LogP contribution in [0.25, 0.3) is 11.1 Å². The molecule has 1 aliphatic rings. The smallest absolute Gasteiger partial charge is 0.336 e. The fraction of sp³-hybridized carbons (Fsp3) is 0.220. The highest BCUT2D eigenvalue weighted by Crippen LogP contribution is 2.40. The molecule has 4 N–H and O–H groups in total. The lowest BCUT2D eigenvalue weighted by Crippen LogP contribution is -2.30. The summed E-state index contributed by atoms with van der Waals surface area (Å²) in [5.41, 5.74) is 3.72. The van der Waals surface area contributed by atoms with Gasteiger partial charge in [-0.1, -0.05) is 62.4 Å². The van der Waals surface area contributed by atoms with Crippen molar-refractivity contribution in [1.82, 2.24) is 0 Å². The van der Waals surface area contributed by atoms with Gasteiger partial charge >= 0.3 is 11.9 Å². The number of carbonyl (C=O) groups is 3. The third-order valence-electron chi connectivity index (χ3n) is 10.9. The number of carboxylic acid groups (broad SMARTS) is 2. The zero-order valence-corrected chi connectivity index (χ0v) is 34.6. The summed E-state index contributed by atoms with van der Waals surface area (Å²) in [5.74, 6) is -0.132. The van der Waals surface area contributed by atoms with Gasteiger partial charge in [0.25, 0.3) is 5.91 Å². The second kappa shape index (κ2) is 15.7. The zero-order chi connectivity index (χ0) is 43.1. The molecular weight excluding hydrogens is 757 g/mol. The number of hydrogen-bond acceptors (Lipinski definition) is 7. The summed E-state index contributed by atoms with van der Waals surface area (Å²) in [6, 6.07) is 40.3. The van der Waals surface area contributed by atoms with Gasteiger partial charge in [0.15, 0.2) is 6.23 Å². The highest BCUT2D eigenvalue weighted by atomic mass is 16.5. The number of aliphatic hydroxyl groups is 1. The van der Waals surface area contributed by atoms with Gasteiger partial charge in [-0.2, -0.15) is 0 Å². The van der Waals surface area contributed by atoms with Crippen LogP contribution in [0.3, 0.4) is 0 Å². The molecule has 6 aromatic carbocycles. The Labute approximate surface area is 349 Å². The molecule has 7 rings (SSSR count). The summed E-state index contributed by atoms with van der Waals surface area (Å²) >= 11 is 0. The molecule has 0 spiro atoms. The van der Waals surface area contributed by atoms with Gasteiger partial charge in [-0.05, 0) is 147 Å². The van der Waals surface area contributed by atoms with Gasteiger partial charge in [0, 0.05) is 33.5 Å². The largest absolute Gasteiger partial charge is 0.481 e. The predicted octanol–water partition coefficient (Wildman–Crippen LogP) is 11.2. The highest BCUT2D eigenvalue weighted by molar-refractivity contribution is 6.11. The van der Waals surface area contributed by atoms with Gasteiger partial charge in [0.05, 0.1) is 11.0 Å². The van der Waals surface area contributed by atoms with E-state index in [0.29, 0.717) is 33.9 Å². The van der Waals surface area contributed by atoms with Crippen molar-refractivity contribution in [3.63, 3.8) is 0 Å². The van der Waals surface area contributed by atoms with Crippen LogP contribution in [0.5, 0.6) is 23.0 Å². The SMILES string of the molecule is CC(C)(C)Nc1ccc(Oc2ccc(C(C)(C)c3ccc(Oc4ccc(N5C(=O)c6cc(-c7ccc(C(C)(C)C(=O)O)c(C(=O)O)c7)ccc6C5O)cc4)cc3)cc2)cc1. The van der Waals surface area contributed by atoms with E-state index in [4.69, 9.17) is 9.47 Å². The van der Waals surface area contributed by atoms with Crippen LogP contribution in [0.4, 0.5) is 11.4 Å². The Morgan fingerprint density at radius 2 is 1.08 bits per heavy atom. The van der Waals surface area contributed by atoms with Crippen molar-refractivity contribution in [2.24, 2.45) is 0 Å². The molecule has 0 bridgehead atoms. The molecular formula is C50H48N2O8. The van der Waals surface area contributed by atoms with Gasteiger partial charge in [0.2, 0.25) is 0 Å². The molecule has 0 saturated carbocycles. The summed E-state index contributed by atoms with van der Waals surface area (Å²) in [5, 5.41) is 34.3. The summed E-state index contributed by atoms with van der Waals surface area (Å²) in [4.78, 5) is 39.0. The Balaban J connectivity index is 0.999. The number of rotatable bonds is 12. The number of hydrogen-bond donors (Lipinski definition) is 4. The standard InChI is InChI=1S/C50H48N2O8/c1-48(2,3)51-34-14-22-38(23-15-34)59-36-18-10-32(11-19-36)49(4,5)33-12-20-37(21-13-33)60-39-24-16-35(17-25-39)52-44(53)40-26-8-30(28-41(40)45(52)54)31-9-27-43(42(29-31)46(55)56)50(6,7)47(57)58/h8-29,44,51,53H,1-7H3,(H,55,56)(H,57,58). The third kappa shape index (κ3) is 8.32. The first-order valence-corrected chi connectivity index (χ1v) is 19.6. The van der Waals surface area contributed by atoms with Crippen LogP contribution in [0.15, 0.2) is 133 Å². The first-order valence-electron chi connectivity index (χ1n) is 19.6. The number of amides is 1. The van der Waals surface area contributed by atoms with Crippen LogP contribution >= 0.6 is 0 Å². The Kier molecular flexibility index (Phi) is 10.8. The lowest BCUT2D eigenvalue weighted by atomic mass is 9.78. The molecule has 10 heteroatoms. The second-order valence-electron chi connectivity index (χ2n) is 17.1. The summed E-state index contributed by atoms with van der Waals surface area (Å²) in [7, 11) is 0. The quantitative estimate of drug-likeness (QED) is 0.0949. The minimum absolute atomic E-state index is 0.0248. The van der Waals surface area contributed by atoms with E-state index in [1.54, 1.807) is 48.5 Å². The molecule has 0 saturated heterocycles. The number of nitrogens with zero attached hydrogens (tertiary/aromatic N) is 1. The Hall–Kier alpha value is -6.91. The fourth-order valence-electron chi connectivity index (χ4n) is 7.38. The number of aliphatic carboxylic acids is 1. The average molecular weight is 805 g/mol. The lowest BCUT2D eigenvalue weighted by Gasteiger charge is -2.26. The van der Waals surface area contributed by atoms with Crippen LogP contribution in [-0.2, 0) is 15.6 Å². The van der Waals surface area contributed by atoms with Crippen molar-refractivity contribution in [2.75, 3.05) is 10.2 Å². The molecule has 1 atom stereocenters. The third-order valence-corrected chi connectivity index (χ3v) is 10.9. The van der Waals surface area contributed by atoms with Crippen LogP contribution < -0.4 is 19.7 Å². The Bertz CT molecular complexity index is 2570. The first-order chi connectivity index (χ1) is 28.3. The molecule has 0 aromatic heterocycles. The number of nitrogens with one attached hydrogen (secondary N) is 1. The van der Waals surface area contributed by atoms with Crippen molar-refractivity contribution in [3.8, 4) is 34.1 Å². The van der Waals surface area contributed by atoms with Crippen molar-refractivity contribution >= 4 is 29.2 Å². The number of aromatic carboxylic acids is 1. The maximum Gasteiger partial charge on any atom is 0.336 e. The molecule has 0 fully saturated rings. The molecule has 6 aromatic rings. The minimum Gasteiger partial charge on any atom is -0.481 e. The molecule has 10 nitrogen and oxygen atoms in total. The molecule has 1 heterocycles. The molecule has 1 aliphatic heterocycles. The topological polar surface area (TPSA) is 146 Å². The monoisotopic (exact) mass is 804 g/mol. The normalized spacial score (nSPS) is 14.1. The fourth-order valence-corrected chi connectivity index (χ4v) is 7.38. The van der Waals surface area contributed by atoms with Gasteiger partial charge in [0.1, 0.15) is 23.0 Å². The van der Waals surface area contributed by atoms with Crippen LogP contribution in [0, 0.1) is 0 Å². The van der Waals surface area contributed by atoms with E-state index in [2.05, 4.69) is 52.1 Å². The van der Waals surface area contributed by atoms with Crippen LogP contribution in [0.2, 0.25) is 0 Å². The van der Waals surface area contributed by atoms with E-state index in [1.807, 2.05) is 60.7 Å². The van der Waals surface area contributed by atoms with Gasteiger partial charge in [-0.15, -0.1) is 0 Å².